The highest BCUT2D eigenvalue weighted by Gasteiger charge is 2.15. The number of nitrogen functional groups attached to an aromatic ring is 1. The molecule has 0 fully saturated rings. The smallest absolute Gasteiger partial charge is 0.341 e. The first-order valence-corrected chi connectivity index (χ1v) is 4.83. The Labute approximate surface area is 93.8 Å². The molecule has 0 spiro atoms. The molecule has 1 aromatic rings. The lowest BCUT2D eigenvalue weighted by atomic mass is 10.1. The highest BCUT2D eigenvalue weighted by atomic mass is 16.5. The number of carbonyl (C=O) groups is 1. The van der Waals surface area contributed by atoms with Gasteiger partial charge >= 0.3 is 5.97 Å². The molecule has 0 bridgehead atoms. The molecule has 0 amide bonds. The molecule has 0 aliphatic rings. The molecule has 1 atom stereocenters. The van der Waals surface area contributed by atoms with Crippen molar-refractivity contribution in [2.24, 2.45) is 0 Å². The summed E-state index contributed by atoms with van der Waals surface area (Å²) in [4.78, 5) is 11.0. The van der Waals surface area contributed by atoms with Gasteiger partial charge < -0.3 is 20.3 Å². The zero-order valence-corrected chi connectivity index (χ0v) is 9.27. The second-order valence-electron chi connectivity index (χ2n) is 3.38. The lowest BCUT2D eigenvalue weighted by Gasteiger charge is -2.13. The van der Waals surface area contributed by atoms with Crippen LogP contribution in [-0.2, 0) is 4.74 Å². The minimum absolute atomic E-state index is 0.00852. The van der Waals surface area contributed by atoms with Crippen molar-refractivity contribution in [3.63, 3.8) is 0 Å². The number of carboxylic acid groups (broad SMARTS) is 1. The fourth-order valence-corrected chi connectivity index (χ4v) is 1.17. The SMILES string of the molecule is COC(C)COc1cccc(N)c1C(=O)O. The molecule has 1 aromatic carbocycles. The first-order chi connectivity index (χ1) is 7.56. The summed E-state index contributed by atoms with van der Waals surface area (Å²) in [5, 5.41) is 8.98. The van der Waals surface area contributed by atoms with Gasteiger partial charge in [-0.1, -0.05) is 6.07 Å². The van der Waals surface area contributed by atoms with E-state index in [1.807, 2.05) is 6.92 Å². The van der Waals surface area contributed by atoms with Gasteiger partial charge in [0.15, 0.2) is 0 Å². The van der Waals surface area contributed by atoms with Crippen molar-refractivity contribution >= 4 is 11.7 Å². The van der Waals surface area contributed by atoms with Gasteiger partial charge in [-0.3, -0.25) is 0 Å². The van der Waals surface area contributed by atoms with Crippen LogP contribution in [-0.4, -0.2) is 30.9 Å². The van der Waals surface area contributed by atoms with Crippen LogP contribution in [0.2, 0.25) is 0 Å². The van der Waals surface area contributed by atoms with Crippen LogP contribution >= 0.6 is 0 Å². The monoisotopic (exact) mass is 225 g/mol. The molecule has 0 saturated heterocycles. The average Bonchev–Trinajstić information content (AvgIpc) is 2.25. The van der Waals surface area contributed by atoms with Crippen LogP contribution in [0.3, 0.4) is 0 Å². The third kappa shape index (κ3) is 2.87. The summed E-state index contributed by atoms with van der Waals surface area (Å²) in [5.74, 6) is -0.838. The Morgan fingerprint density at radius 3 is 2.81 bits per heavy atom. The maximum Gasteiger partial charge on any atom is 0.341 e. The van der Waals surface area contributed by atoms with Crippen LogP contribution in [0.25, 0.3) is 0 Å². The lowest BCUT2D eigenvalue weighted by molar-refractivity contribution is 0.0647. The molecule has 0 radical (unpaired) electrons. The summed E-state index contributed by atoms with van der Waals surface area (Å²) in [6, 6.07) is 4.74. The van der Waals surface area contributed by atoms with Gasteiger partial charge in [0.2, 0.25) is 0 Å². The zero-order chi connectivity index (χ0) is 12.1. The van der Waals surface area contributed by atoms with Crippen molar-refractivity contribution in [3.8, 4) is 5.75 Å². The van der Waals surface area contributed by atoms with Crippen molar-refractivity contribution in [1.29, 1.82) is 0 Å². The summed E-state index contributed by atoms with van der Waals surface area (Å²) >= 11 is 0. The fourth-order valence-electron chi connectivity index (χ4n) is 1.17. The first-order valence-electron chi connectivity index (χ1n) is 4.83. The number of carboxylic acids is 1. The van der Waals surface area contributed by atoms with E-state index in [0.29, 0.717) is 0 Å². The largest absolute Gasteiger partial charge is 0.490 e. The molecule has 0 heterocycles. The molecule has 0 aliphatic heterocycles. The van der Waals surface area contributed by atoms with Crippen molar-refractivity contribution in [2.75, 3.05) is 19.5 Å². The summed E-state index contributed by atoms with van der Waals surface area (Å²) in [7, 11) is 1.56. The molecule has 0 aliphatic carbocycles. The number of aromatic carboxylic acids is 1. The highest BCUT2D eigenvalue weighted by Crippen LogP contribution is 2.24. The average molecular weight is 225 g/mol. The Morgan fingerprint density at radius 2 is 2.25 bits per heavy atom. The molecule has 5 heteroatoms. The molecule has 0 aromatic heterocycles. The summed E-state index contributed by atoms with van der Waals surface area (Å²) in [6.07, 6.45) is -0.108. The van der Waals surface area contributed by atoms with Gasteiger partial charge in [0.1, 0.15) is 17.9 Å². The van der Waals surface area contributed by atoms with E-state index in [9.17, 15) is 4.79 Å². The van der Waals surface area contributed by atoms with Crippen LogP contribution < -0.4 is 10.5 Å². The molecule has 0 saturated carbocycles. The summed E-state index contributed by atoms with van der Waals surface area (Å²) < 4.78 is 10.3. The molecule has 16 heavy (non-hydrogen) atoms. The van der Waals surface area contributed by atoms with Gasteiger partial charge in [-0.15, -0.1) is 0 Å². The maximum atomic E-state index is 11.0. The number of benzene rings is 1. The molecular formula is C11H15NO4. The number of nitrogens with two attached hydrogens (primary N) is 1. The topological polar surface area (TPSA) is 81.8 Å². The number of ether oxygens (including phenoxy) is 2. The van der Waals surface area contributed by atoms with E-state index in [2.05, 4.69) is 0 Å². The third-order valence-electron chi connectivity index (χ3n) is 2.15. The zero-order valence-electron chi connectivity index (χ0n) is 9.27. The lowest BCUT2D eigenvalue weighted by Crippen LogP contribution is -2.17. The van der Waals surface area contributed by atoms with Gasteiger partial charge in [-0.25, -0.2) is 4.79 Å². The number of hydrogen-bond acceptors (Lipinski definition) is 4. The Balaban J connectivity index is 2.87. The predicted octanol–water partition coefficient (Wildman–Crippen LogP) is 1.38. The third-order valence-corrected chi connectivity index (χ3v) is 2.15. The minimum atomic E-state index is -1.10. The highest BCUT2D eigenvalue weighted by molar-refractivity contribution is 5.96. The second-order valence-corrected chi connectivity index (χ2v) is 3.38. The maximum absolute atomic E-state index is 11.0. The van der Waals surface area contributed by atoms with Crippen LogP contribution in [0.4, 0.5) is 5.69 Å². The van der Waals surface area contributed by atoms with Crippen molar-refractivity contribution < 1.29 is 19.4 Å². The Kier molecular flexibility index (Phi) is 4.13. The summed E-state index contributed by atoms with van der Waals surface area (Å²) in [5.41, 5.74) is 5.75. The number of hydrogen-bond donors (Lipinski definition) is 2. The standard InChI is InChI=1S/C11H15NO4/c1-7(15-2)6-16-9-5-3-4-8(12)10(9)11(13)14/h3-5,7H,6,12H2,1-2H3,(H,13,14). The van der Waals surface area contributed by atoms with Crippen molar-refractivity contribution in [3.05, 3.63) is 23.8 Å². The predicted molar refractivity (Wildman–Crippen MR) is 59.8 cm³/mol. The van der Waals surface area contributed by atoms with Crippen molar-refractivity contribution in [1.82, 2.24) is 0 Å². The number of methoxy groups -OCH3 is 1. The van der Waals surface area contributed by atoms with Crippen LogP contribution in [0.5, 0.6) is 5.75 Å². The normalized spacial score (nSPS) is 12.1. The molecule has 88 valence electrons. The number of rotatable bonds is 5. The van der Waals surface area contributed by atoms with E-state index in [-0.39, 0.29) is 29.7 Å². The summed E-state index contributed by atoms with van der Waals surface area (Å²) in [6.45, 7) is 2.10. The van der Waals surface area contributed by atoms with Gasteiger partial charge in [-0.2, -0.15) is 0 Å². The van der Waals surface area contributed by atoms with E-state index in [1.54, 1.807) is 19.2 Å². The molecular weight excluding hydrogens is 210 g/mol. The van der Waals surface area contributed by atoms with Crippen molar-refractivity contribution in [2.45, 2.75) is 13.0 Å². The van der Waals surface area contributed by atoms with E-state index >= 15 is 0 Å². The Bertz CT molecular complexity index is 378. The molecule has 1 unspecified atom stereocenters. The fraction of sp³-hybridized carbons (Fsp3) is 0.364. The van der Waals surface area contributed by atoms with E-state index in [1.165, 1.54) is 6.07 Å². The van der Waals surface area contributed by atoms with Crippen LogP contribution in [0, 0.1) is 0 Å². The van der Waals surface area contributed by atoms with Gasteiger partial charge in [0.25, 0.3) is 0 Å². The quantitative estimate of drug-likeness (QED) is 0.740. The number of anilines is 1. The van der Waals surface area contributed by atoms with E-state index in [4.69, 9.17) is 20.3 Å². The first kappa shape index (κ1) is 12.3. The van der Waals surface area contributed by atoms with Gasteiger partial charge in [0.05, 0.1) is 6.10 Å². The Hall–Kier alpha value is -1.75. The van der Waals surface area contributed by atoms with Crippen LogP contribution in [0.15, 0.2) is 18.2 Å². The minimum Gasteiger partial charge on any atom is -0.490 e. The second kappa shape index (κ2) is 5.37. The van der Waals surface area contributed by atoms with Gasteiger partial charge in [0, 0.05) is 12.8 Å². The van der Waals surface area contributed by atoms with E-state index < -0.39 is 5.97 Å². The molecule has 5 nitrogen and oxygen atoms in total. The van der Waals surface area contributed by atoms with Gasteiger partial charge in [-0.05, 0) is 19.1 Å². The Morgan fingerprint density at radius 1 is 1.56 bits per heavy atom. The molecule has 3 N–H and O–H groups in total. The molecule has 1 rings (SSSR count). The van der Waals surface area contributed by atoms with Crippen LogP contribution in [0.1, 0.15) is 17.3 Å². The van der Waals surface area contributed by atoms with E-state index in [0.717, 1.165) is 0 Å².